The van der Waals surface area contributed by atoms with E-state index in [0.717, 1.165) is 17.1 Å². The van der Waals surface area contributed by atoms with Crippen LogP contribution in [0.2, 0.25) is 10.0 Å². The summed E-state index contributed by atoms with van der Waals surface area (Å²) in [5.74, 6) is 0.724. The first kappa shape index (κ1) is 21.5. The smallest absolute Gasteiger partial charge is 0.234 e. The minimum absolute atomic E-state index is 0.166. The van der Waals surface area contributed by atoms with Gasteiger partial charge in [0.2, 0.25) is 5.91 Å². The highest BCUT2D eigenvalue weighted by Crippen LogP contribution is 2.30. The Morgan fingerprint density at radius 3 is 2.34 bits per heavy atom. The normalized spacial score (nSPS) is 10.8. The van der Waals surface area contributed by atoms with Crippen molar-refractivity contribution >= 4 is 52.2 Å². The van der Waals surface area contributed by atoms with Crippen molar-refractivity contribution in [2.45, 2.75) is 18.6 Å². The highest BCUT2D eigenvalue weighted by atomic mass is 35.5. The first-order valence-electron chi connectivity index (χ1n) is 8.98. The van der Waals surface area contributed by atoms with E-state index in [-0.39, 0.29) is 11.7 Å². The highest BCUT2D eigenvalue weighted by molar-refractivity contribution is 7.99. The second kappa shape index (κ2) is 9.52. The van der Waals surface area contributed by atoms with Crippen LogP contribution in [-0.2, 0) is 11.3 Å². The van der Waals surface area contributed by atoms with Crippen molar-refractivity contribution in [1.82, 2.24) is 14.8 Å². The van der Waals surface area contributed by atoms with Gasteiger partial charge in [0.05, 0.1) is 21.5 Å². The molecule has 1 amide bonds. The van der Waals surface area contributed by atoms with Crippen LogP contribution in [0.15, 0.2) is 47.6 Å². The summed E-state index contributed by atoms with van der Waals surface area (Å²) in [6, 6.07) is 13.2. The van der Waals surface area contributed by atoms with Crippen LogP contribution in [0.4, 0.5) is 11.4 Å². The van der Waals surface area contributed by atoms with Gasteiger partial charge in [0.1, 0.15) is 0 Å². The van der Waals surface area contributed by atoms with Gasteiger partial charge in [-0.15, -0.1) is 10.2 Å². The Morgan fingerprint density at radius 1 is 1.10 bits per heavy atom. The van der Waals surface area contributed by atoms with Crippen molar-refractivity contribution < 1.29 is 4.79 Å². The maximum Gasteiger partial charge on any atom is 0.234 e. The lowest BCUT2D eigenvalue weighted by molar-refractivity contribution is -0.113. The second-order valence-corrected chi connectivity index (χ2v) is 8.18. The Balaban J connectivity index is 1.71. The zero-order valence-electron chi connectivity index (χ0n) is 16.3. The van der Waals surface area contributed by atoms with E-state index in [2.05, 4.69) is 15.5 Å². The number of amides is 1. The number of hydrogen-bond acceptors (Lipinski definition) is 5. The third kappa shape index (κ3) is 5.04. The van der Waals surface area contributed by atoms with E-state index in [0.29, 0.717) is 27.4 Å². The average Bonchev–Trinajstić information content (AvgIpc) is 3.12. The molecule has 3 aromatic rings. The number of carbonyl (C=O) groups is 1. The third-order valence-corrected chi connectivity index (χ3v) is 5.83. The quantitative estimate of drug-likeness (QED) is 0.510. The van der Waals surface area contributed by atoms with Crippen LogP contribution in [0, 0.1) is 0 Å². The van der Waals surface area contributed by atoms with Crippen LogP contribution in [0.3, 0.4) is 0 Å². The van der Waals surface area contributed by atoms with Gasteiger partial charge in [-0.1, -0.05) is 41.0 Å². The standard InChI is InChI=1S/C20H21Cl2N5OS/c1-4-27-19(13-8-10-14(11-9-13)26(2)3)24-25-20(27)29-12-17(28)23-18-15(21)6-5-7-16(18)22/h5-11H,4,12H2,1-3H3,(H,23,28). The van der Waals surface area contributed by atoms with Crippen molar-refractivity contribution in [2.24, 2.45) is 0 Å². The molecule has 2 aromatic carbocycles. The van der Waals surface area contributed by atoms with E-state index in [9.17, 15) is 4.79 Å². The highest BCUT2D eigenvalue weighted by Gasteiger charge is 2.16. The predicted molar refractivity (Wildman–Crippen MR) is 121 cm³/mol. The summed E-state index contributed by atoms with van der Waals surface area (Å²) in [5.41, 5.74) is 2.50. The SMILES string of the molecule is CCn1c(SCC(=O)Nc2c(Cl)cccc2Cl)nnc1-c1ccc(N(C)C)cc1. The Bertz CT molecular complexity index is 984. The molecule has 0 saturated heterocycles. The molecule has 0 aliphatic carbocycles. The average molecular weight is 450 g/mol. The summed E-state index contributed by atoms with van der Waals surface area (Å²) in [6.45, 7) is 2.72. The second-order valence-electron chi connectivity index (χ2n) is 6.43. The summed E-state index contributed by atoms with van der Waals surface area (Å²) >= 11 is 13.5. The maximum absolute atomic E-state index is 12.4. The number of aromatic nitrogens is 3. The number of halogens is 2. The van der Waals surface area contributed by atoms with Crippen molar-refractivity contribution in [3.8, 4) is 11.4 Å². The molecule has 6 nitrogen and oxygen atoms in total. The van der Waals surface area contributed by atoms with Crippen LogP contribution >= 0.6 is 35.0 Å². The number of benzene rings is 2. The maximum atomic E-state index is 12.4. The number of nitrogens with one attached hydrogen (secondary N) is 1. The fourth-order valence-corrected chi connectivity index (χ4v) is 4.02. The summed E-state index contributed by atoms with van der Waals surface area (Å²) in [6.07, 6.45) is 0. The van der Waals surface area contributed by atoms with Crippen molar-refractivity contribution in [1.29, 1.82) is 0 Å². The molecule has 0 spiro atoms. The molecule has 0 bridgehead atoms. The van der Waals surface area contributed by atoms with Gasteiger partial charge in [0.25, 0.3) is 0 Å². The van der Waals surface area contributed by atoms with E-state index in [4.69, 9.17) is 23.2 Å². The van der Waals surface area contributed by atoms with Gasteiger partial charge in [-0.05, 0) is 43.3 Å². The molecular formula is C20H21Cl2N5OS. The number of carbonyl (C=O) groups excluding carboxylic acids is 1. The van der Waals surface area contributed by atoms with E-state index in [1.165, 1.54) is 11.8 Å². The fourth-order valence-electron chi connectivity index (χ4n) is 2.73. The lowest BCUT2D eigenvalue weighted by atomic mass is 10.2. The van der Waals surface area contributed by atoms with Crippen LogP contribution in [-0.4, -0.2) is 40.5 Å². The van der Waals surface area contributed by atoms with Crippen LogP contribution in [0.25, 0.3) is 11.4 Å². The third-order valence-electron chi connectivity index (χ3n) is 4.23. The van der Waals surface area contributed by atoms with Gasteiger partial charge >= 0.3 is 0 Å². The van der Waals surface area contributed by atoms with Gasteiger partial charge in [-0.2, -0.15) is 0 Å². The topological polar surface area (TPSA) is 63.1 Å². The molecule has 0 unspecified atom stereocenters. The molecule has 152 valence electrons. The lowest BCUT2D eigenvalue weighted by Gasteiger charge is -2.13. The first-order valence-corrected chi connectivity index (χ1v) is 10.7. The van der Waals surface area contributed by atoms with Gasteiger partial charge < -0.3 is 14.8 Å². The van der Waals surface area contributed by atoms with Crippen molar-refractivity contribution in [2.75, 3.05) is 30.1 Å². The van der Waals surface area contributed by atoms with Crippen molar-refractivity contribution in [3.05, 3.63) is 52.5 Å². The molecule has 3 rings (SSSR count). The van der Waals surface area contributed by atoms with Crippen LogP contribution in [0.5, 0.6) is 0 Å². The van der Waals surface area contributed by atoms with E-state index in [1.54, 1.807) is 18.2 Å². The molecular weight excluding hydrogens is 429 g/mol. The molecule has 0 atom stereocenters. The Hall–Kier alpha value is -2.22. The fraction of sp³-hybridized carbons (Fsp3) is 0.250. The number of para-hydroxylation sites is 1. The van der Waals surface area contributed by atoms with E-state index in [1.807, 2.05) is 54.8 Å². The number of nitrogens with zero attached hydrogens (tertiary/aromatic N) is 4. The molecule has 1 heterocycles. The lowest BCUT2D eigenvalue weighted by Crippen LogP contribution is -2.15. The van der Waals surface area contributed by atoms with Gasteiger partial charge in [-0.3, -0.25) is 4.79 Å². The monoisotopic (exact) mass is 449 g/mol. The van der Waals surface area contributed by atoms with Gasteiger partial charge in [0, 0.05) is 31.9 Å². The number of rotatable bonds is 7. The summed E-state index contributed by atoms with van der Waals surface area (Å²) in [5, 5.41) is 12.8. The summed E-state index contributed by atoms with van der Waals surface area (Å²) in [4.78, 5) is 14.4. The Labute approximate surface area is 184 Å². The van der Waals surface area contributed by atoms with E-state index < -0.39 is 0 Å². The minimum atomic E-state index is -0.215. The number of thioether (sulfide) groups is 1. The largest absolute Gasteiger partial charge is 0.378 e. The Morgan fingerprint density at radius 2 is 1.76 bits per heavy atom. The molecule has 0 aliphatic rings. The van der Waals surface area contributed by atoms with Gasteiger partial charge in [-0.25, -0.2) is 0 Å². The molecule has 0 fully saturated rings. The van der Waals surface area contributed by atoms with Gasteiger partial charge in [0.15, 0.2) is 11.0 Å². The summed E-state index contributed by atoms with van der Waals surface area (Å²) in [7, 11) is 4.00. The summed E-state index contributed by atoms with van der Waals surface area (Å²) < 4.78 is 1.99. The molecule has 1 aromatic heterocycles. The molecule has 0 saturated carbocycles. The number of hydrogen-bond donors (Lipinski definition) is 1. The number of anilines is 2. The zero-order valence-corrected chi connectivity index (χ0v) is 18.6. The van der Waals surface area contributed by atoms with Crippen molar-refractivity contribution in [3.63, 3.8) is 0 Å². The first-order chi connectivity index (χ1) is 13.9. The molecule has 9 heteroatoms. The van der Waals surface area contributed by atoms with Crippen LogP contribution < -0.4 is 10.2 Å². The van der Waals surface area contributed by atoms with E-state index >= 15 is 0 Å². The van der Waals surface area contributed by atoms with Crippen LogP contribution in [0.1, 0.15) is 6.92 Å². The molecule has 0 aliphatic heterocycles. The minimum Gasteiger partial charge on any atom is -0.378 e. The molecule has 1 N–H and O–H groups in total. The molecule has 29 heavy (non-hydrogen) atoms. The molecule has 0 radical (unpaired) electrons. The Kier molecular flexibility index (Phi) is 7.05. The zero-order chi connectivity index (χ0) is 21.0. The predicted octanol–water partition coefficient (Wildman–Crippen LogP) is 5.07.